The second kappa shape index (κ2) is 7.59. The fourth-order valence-electron chi connectivity index (χ4n) is 2.65. The van der Waals surface area contributed by atoms with Gasteiger partial charge in [0.15, 0.2) is 0 Å². The maximum atomic E-state index is 13.1. The van der Waals surface area contributed by atoms with Gasteiger partial charge in [-0.15, -0.1) is 0 Å². The first-order valence-corrected chi connectivity index (χ1v) is 8.69. The molecule has 1 N–H and O–H groups in total. The number of hydrogen-bond donors (Lipinski definition) is 1. The molecule has 0 bridgehead atoms. The van der Waals surface area contributed by atoms with Crippen molar-refractivity contribution in [2.24, 2.45) is 0 Å². The highest BCUT2D eigenvalue weighted by Gasteiger charge is 2.34. The predicted molar refractivity (Wildman–Crippen MR) is 96.4 cm³/mol. The Hall–Kier alpha value is -2.55. The van der Waals surface area contributed by atoms with E-state index in [0.717, 1.165) is 10.5 Å². The summed E-state index contributed by atoms with van der Waals surface area (Å²) in [5.41, 5.74) is 0.834. The second-order valence-electron chi connectivity index (χ2n) is 5.81. The molecule has 1 amide bonds. The van der Waals surface area contributed by atoms with Crippen LogP contribution in [0.4, 0.5) is 13.2 Å². The molecule has 9 heteroatoms. The van der Waals surface area contributed by atoms with Crippen LogP contribution in [0.3, 0.4) is 0 Å². The lowest BCUT2D eigenvalue weighted by atomic mass is 10.1. The van der Waals surface area contributed by atoms with Crippen LogP contribution in [0.1, 0.15) is 16.8 Å². The number of hydrogen-bond acceptors (Lipinski definition) is 3. The molecule has 0 saturated carbocycles. The van der Waals surface area contributed by atoms with Gasteiger partial charge in [0, 0.05) is 23.4 Å². The van der Waals surface area contributed by atoms with E-state index in [-0.39, 0.29) is 24.6 Å². The van der Waals surface area contributed by atoms with Gasteiger partial charge in [0.25, 0.3) is 0 Å². The number of ether oxygens (including phenoxy) is 1. The minimum atomic E-state index is -4.53. The van der Waals surface area contributed by atoms with E-state index in [1.807, 2.05) is 12.1 Å². The van der Waals surface area contributed by atoms with Crippen molar-refractivity contribution in [3.8, 4) is 5.75 Å². The van der Waals surface area contributed by atoms with Gasteiger partial charge < -0.3 is 14.5 Å². The van der Waals surface area contributed by atoms with Crippen LogP contribution in [0.15, 0.2) is 47.2 Å². The van der Waals surface area contributed by atoms with Crippen LogP contribution >= 0.6 is 15.9 Å². The Morgan fingerprint density at radius 1 is 1.30 bits per heavy atom. The summed E-state index contributed by atoms with van der Waals surface area (Å²) in [7, 11) is 1.18. The van der Waals surface area contributed by atoms with E-state index < -0.39 is 11.7 Å². The zero-order valence-electron chi connectivity index (χ0n) is 14.2. The molecule has 0 fully saturated rings. The van der Waals surface area contributed by atoms with Crippen molar-refractivity contribution in [3.05, 3.63) is 64.0 Å². The van der Waals surface area contributed by atoms with E-state index >= 15 is 0 Å². The number of nitrogens with one attached hydrogen (secondary N) is 1. The fraction of sp³-hybridized carbons (Fsp3) is 0.222. The number of amides is 1. The van der Waals surface area contributed by atoms with Gasteiger partial charge in [0.2, 0.25) is 5.91 Å². The molecule has 0 atom stereocenters. The third-order valence-electron chi connectivity index (χ3n) is 3.95. The fourth-order valence-corrected chi connectivity index (χ4v) is 2.99. The van der Waals surface area contributed by atoms with Gasteiger partial charge in [-0.25, -0.2) is 4.98 Å². The van der Waals surface area contributed by atoms with E-state index in [4.69, 9.17) is 4.74 Å². The number of imidazole rings is 1. The third kappa shape index (κ3) is 4.41. The van der Waals surface area contributed by atoms with Crippen LogP contribution < -0.4 is 10.1 Å². The predicted octanol–water partition coefficient (Wildman–Crippen LogP) is 3.98. The number of halogens is 4. The monoisotopic (exact) mass is 441 g/mol. The van der Waals surface area contributed by atoms with Crippen molar-refractivity contribution in [3.63, 3.8) is 0 Å². The summed E-state index contributed by atoms with van der Waals surface area (Å²) in [5, 5.41) is 2.63. The SMILES string of the molecule is COc1ccc(CNC(=O)Cc2cnc3ccc(Br)cn23)cc1C(F)(F)F. The minimum Gasteiger partial charge on any atom is -0.496 e. The number of methoxy groups -OCH3 is 1. The van der Waals surface area contributed by atoms with E-state index in [0.29, 0.717) is 16.9 Å². The normalized spacial score (nSPS) is 11.6. The van der Waals surface area contributed by atoms with Gasteiger partial charge in [0.1, 0.15) is 11.4 Å². The van der Waals surface area contributed by atoms with Crippen LogP contribution in [-0.2, 0) is 23.9 Å². The smallest absolute Gasteiger partial charge is 0.419 e. The lowest BCUT2D eigenvalue weighted by Gasteiger charge is -2.14. The first kappa shape index (κ1) is 19.2. The number of fused-ring (bicyclic) bond motifs is 1. The number of nitrogens with zero attached hydrogens (tertiary/aromatic N) is 2. The topological polar surface area (TPSA) is 55.6 Å². The van der Waals surface area contributed by atoms with Gasteiger partial charge in [-0.2, -0.15) is 13.2 Å². The Balaban J connectivity index is 1.69. The van der Waals surface area contributed by atoms with Crippen LogP contribution in [0, 0.1) is 0 Å². The zero-order chi connectivity index (χ0) is 19.6. The Morgan fingerprint density at radius 3 is 2.78 bits per heavy atom. The molecule has 0 aliphatic carbocycles. The molecule has 1 aromatic carbocycles. The average Bonchev–Trinajstić information content (AvgIpc) is 3.01. The van der Waals surface area contributed by atoms with E-state index in [1.54, 1.807) is 16.8 Å². The van der Waals surface area contributed by atoms with Crippen molar-refractivity contribution in [2.45, 2.75) is 19.1 Å². The number of aromatic nitrogens is 2. The molecule has 3 rings (SSSR count). The molecule has 2 heterocycles. The lowest BCUT2D eigenvalue weighted by molar-refractivity contribution is -0.138. The maximum absolute atomic E-state index is 13.1. The average molecular weight is 442 g/mol. The Labute approximate surface area is 161 Å². The van der Waals surface area contributed by atoms with Crippen molar-refractivity contribution >= 4 is 27.5 Å². The van der Waals surface area contributed by atoms with Crippen LogP contribution in [0.25, 0.3) is 5.65 Å². The molecule has 2 aromatic heterocycles. The zero-order valence-corrected chi connectivity index (χ0v) is 15.8. The van der Waals surface area contributed by atoms with Crippen molar-refractivity contribution < 1.29 is 22.7 Å². The summed E-state index contributed by atoms with van der Waals surface area (Å²) in [6, 6.07) is 7.35. The third-order valence-corrected chi connectivity index (χ3v) is 4.42. The summed E-state index contributed by atoms with van der Waals surface area (Å²) in [6.07, 6.45) is -1.09. The lowest BCUT2D eigenvalue weighted by Crippen LogP contribution is -2.25. The molecule has 0 spiro atoms. The highest BCUT2D eigenvalue weighted by atomic mass is 79.9. The van der Waals surface area contributed by atoms with E-state index in [1.165, 1.54) is 19.2 Å². The Kier molecular flexibility index (Phi) is 5.41. The van der Waals surface area contributed by atoms with Crippen molar-refractivity contribution in [2.75, 3.05) is 7.11 Å². The van der Waals surface area contributed by atoms with Gasteiger partial charge in [-0.3, -0.25) is 4.79 Å². The van der Waals surface area contributed by atoms with Crippen LogP contribution in [0.5, 0.6) is 5.75 Å². The molecule has 0 unspecified atom stereocenters. The highest BCUT2D eigenvalue weighted by Crippen LogP contribution is 2.36. The van der Waals surface area contributed by atoms with Crippen molar-refractivity contribution in [1.82, 2.24) is 14.7 Å². The van der Waals surface area contributed by atoms with E-state index in [2.05, 4.69) is 26.2 Å². The summed E-state index contributed by atoms with van der Waals surface area (Å²) >= 11 is 3.36. The maximum Gasteiger partial charge on any atom is 0.419 e. The number of alkyl halides is 3. The standard InChI is InChI=1S/C18H15BrF3N3O2/c1-27-15-4-2-11(6-14(15)18(20,21)22)8-24-17(26)7-13-9-23-16-5-3-12(19)10-25(13)16/h2-6,9-10H,7-8H2,1H3,(H,24,26). The molecule has 0 aliphatic heterocycles. The Bertz CT molecular complexity index is 986. The van der Waals surface area contributed by atoms with Gasteiger partial charge in [0.05, 0.1) is 24.8 Å². The number of carbonyl (C=O) groups excluding carboxylic acids is 1. The molecular formula is C18H15BrF3N3O2. The molecule has 142 valence electrons. The van der Waals surface area contributed by atoms with Crippen LogP contribution in [-0.4, -0.2) is 22.4 Å². The van der Waals surface area contributed by atoms with Gasteiger partial charge >= 0.3 is 6.18 Å². The molecule has 0 aliphatic rings. The highest BCUT2D eigenvalue weighted by molar-refractivity contribution is 9.10. The quantitative estimate of drug-likeness (QED) is 0.651. The molecule has 3 aromatic rings. The molecule has 5 nitrogen and oxygen atoms in total. The van der Waals surface area contributed by atoms with Gasteiger partial charge in [-0.1, -0.05) is 6.07 Å². The second-order valence-corrected chi connectivity index (χ2v) is 6.73. The summed E-state index contributed by atoms with van der Waals surface area (Å²) in [6.45, 7) is -0.0215. The van der Waals surface area contributed by atoms with Crippen molar-refractivity contribution in [1.29, 1.82) is 0 Å². The van der Waals surface area contributed by atoms with E-state index in [9.17, 15) is 18.0 Å². The molecule has 0 radical (unpaired) electrons. The minimum absolute atomic E-state index is 0.0215. The summed E-state index contributed by atoms with van der Waals surface area (Å²) in [4.78, 5) is 16.4. The van der Waals surface area contributed by atoms with Gasteiger partial charge in [-0.05, 0) is 45.8 Å². The number of rotatable bonds is 5. The van der Waals surface area contributed by atoms with Crippen LogP contribution in [0.2, 0.25) is 0 Å². The summed E-state index contributed by atoms with van der Waals surface area (Å²) < 4.78 is 46.6. The molecule has 27 heavy (non-hydrogen) atoms. The largest absolute Gasteiger partial charge is 0.496 e. The first-order valence-electron chi connectivity index (χ1n) is 7.90. The summed E-state index contributed by atoms with van der Waals surface area (Å²) in [5.74, 6) is -0.574. The number of carbonyl (C=O) groups is 1. The number of pyridine rings is 1. The molecule has 0 saturated heterocycles. The first-order chi connectivity index (χ1) is 12.8. The molecular weight excluding hydrogens is 427 g/mol. The number of benzene rings is 1. The Morgan fingerprint density at radius 2 is 2.07 bits per heavy atom.